The van der Waals surface area contributed by atoms with Crippen molar-refractivity contribution >= 4 is 22.6 Å². The molecule has 7 heteroatoms. The number of hydrogen-bond donors (Lipinski definition) is 2. The minimum atomic E-state index is -1.02. The van der Waals surface area contributed by atoms with Crippen LogP contribution in [0, 0.1) is 0 Å². The van der Waals surface area contributed by atoms with E-state index < -0.39 is 12.1 Å². The highest BCUT2D eigenvalue weighted by Gasteiger charge is 2.02. The molecular formula is C2H9AlN2O4. The summed E-state index contributed by atoms with van der Waals surface area (Å²) in [5.74, 6) is -0.634. The molecule has 0 aliphatic rings. The summed E-state index contributed by atoms with van der Waals surface area (Å²) in [5.41, 5.74) is 9.67. The Bertz CT molecular complexity index is 77.0. The summed E-state index contributed by atoms with van der Waals surface area (Å²) in [4.78, 5) is 10.0. The van der Waals surface area contributed by atoms with Crippen molar-refractivity contribution in [2.75, 3.05) is 0 Å². The van der Waals surface area contributed by atoms with E-state index >= 15 is 0 Å². The topological polar surface area (TPSA) is 141 Å². The lowest BCUT2D eigenvalue weighted by atomic mass is 10.6. The van der Waals surface area contributed by atoms with E-state index in [1.807, 2.05) is 0 Å². The Morgan fingerprint density at radius 1 is 1.44 bits per heavy atom. The van der Waals surface area contributed by atoms with Gasteiger partial charge in [0.15, 0.2) is 0 Å². The first-order valence-electron chi connectivity index (χ1n) is 1.60. The minimum Gasteiger partial charge on any atom is -0.626 e. The summed E-state index contributed by atoms with van der Waals surface area (Å²) >= 11 is 1.75. The standard InChI is InChI=1S/C2H6N2O2.Al.2H2O/c3-1(4)2(5)6;;;/h1H,3-4H2,(H,5,6);;2*1H2/q;+1;;/p-1. The molecule has 0 atom stereocenters. The first-order chi connectivity index (χ1) is 3.18. The number of hydrogen-bond acceptors (Lipinski definition) is 4. The molecule has 0 unspecified atom stereocenters. The molecule has 8 N–H and O–H groups in total. The third-order valence-electron chi connectivity index (χ3n) is 0.388. The average molecular weight is 152 g/mol. The second kappa shape index (κ2) is 7.84. The maximum absolute atomic E-state index is 10.0. The van der Waals surface area contributed by atoms with Crippen LogP contribution in [0.4, 0.5) is 0 Å². The molecule has 0 aromatic rings. The third-order valence-corrected chi connectivity index (χ3v) is 0.621. The third kappa shape index (κ3) is 7.84. The van der Waals surface area contributed by atoms with E-state index in [0.717, 1.165) is 0 Å². The maximum Gasteiger partial charge on any atom is 0.485 e. The van der Waals surface area contributed by atoms with Crippen molar-refractivity contribution in [1.82, 2.24) is 0 Å². The lowest BCUT2D eigenvalue weighted by molar-refractivity contribution is -0.135. The minimum absolute atomic E-state index is 0. The average Bonchev–Trinajstić information content (AvgIpc) is 1.65. The van der Waals surface area contributed by atoms with Gasteiger partial charge in [-0.05, 0) is 0 Å². The van der Waals surface area contributed by atoms with Crippen molar-refractivity contribution in [2.45, 2.75) is 6.17 Å². The smallest absolute Gasteiger partial charge is 0.485 e. The molecule has 0 rings (SSSR count). The number of carbonyl (C=O) groups excluding carboxylic acids is 1. The van der Waals surface area contributed by atoms with Gasteiger partial charge in [0.1, 0.15) is 6.17 Å². The van der Waals surface area contributed by atoms with Crippen LogP contribution in [-0.2, 0) is 8.58 Å². The number of nitrogens with two attached hydrogens (primary N) is 2. The largest absolute Gasteiger partial charge is 0.626 e. The van der Waals surface area contributed by atoms with Crippen molar-refractivity contribution in [2.24, 2.45) is 11.5 Å². The van der Waals surface area contributed by atoms with Crippen molar-refractivity contribution < 1.29 is 19.5 Å². The molecule has 54 valence electrons. The van der Waals surface area contributed by atoms with Gasteiger partial charge in [0.05, 0.1) is 0 Å². The molecule has 0 spiro atoms. The van der Waals surface area contributed by atoms with Gasteiger partial charge in [-0.25, -0.2) is 0 Å². The lowest BCUT2D eigenvalue weighted by Crippen LogP contribution is -2.40. The first-order valence-corrected chi connectivity index (χ1v) is 2.07. The van der Waals surface area contributed by atoms with E-state index in [0.29, 0.717) is 0 Å². The molecule has 6 nitrogen and oxygen atoms in total. The van der Waals surface area contributed by atoms with Crippen LogP contribution in [0.15, 0.2) is 0 Å². The van der Waals surface area contributed by atoms with E-state index in [2.05, 4.69) is 3.79 Å². The normalized spacial score (nSPS) is 7.00. The summed E-state index contributed by atoms with van der Waals surface area (Å²) in [6, 6.07) is 0. The van der Waals surface area contributed by atoms with Crippen LogP contribution >= 0.6 is 0 Å². The molecule has 0 aromatic carbocycles. The van der Waals surface area contributed by atoms with Gasteiger partial charge in [-0.15, -0.1) is 0 Å². The fraction of sp³-hybridized carbons (Fsp3) is 0.500. The number of carbonyl (C=O) groups is 1. The van der Waals surface area contributed by atoms with Crippen LogP contribution in [0.25, 0.3) is 0 Å². The highest BCUT2D eigenvalue weighted by molar-refractivity contribution is 6.06. The molecule has 9 heavy (non-hydrogen) atoms. The Hall–Kier alpha value is -0.158. The van der Waals surface area contributed by atoms with E-state index in [1.54, 1.807) is 16.6 Å². The second-order valence-electron chi connectivity index (χ2n) is 0.963. The molecule has 0 aliphatic carbocycles. The van der Waals surface area contributed by atoms with Crippen molar-refractivity contribution in [3.63, 3.8) is 0 Å². The van der Waals surface area contributed by atoms with Crippen molar-refractivity contribution in [1.29, 1.82) is 0 Å². The lowest BCUT2D eigenvalue weighted by Gasteiger charge is -2.01. The second-order valence-corrected chi connectivity index (χ2v) is 1.20. The van der Waals surface area contributed by atoms with Gasteiger partial charge in [-0.1, -0.05) is 0 Å². The van der Waals surface area contributed by atoms with Crippen LogP contribution in [0.2, 0.25) is 0 Å². The molecule has 0 heterocycles. The van der Waals surface area contributed by atoms with E-state index in [-0.39, 0.29) is 11.0 Å². The molecule has 0 bridgehead atoms. The highest BCUT2D eigenvalue weighted by atomic mass is 27.1. The predicted molar refractivity (Wildman–Crippen MR) is 31.2 cm³/mol. The Kier molecular flexibility index (Phi) is 13.9. The van der Waals surface area contributed by atoms with E-state index in [1.165, 1.54) is 0 Å². The Balaban J connectivity index is -0.000000180. The number of rotatable bonds is 1. The summed E-state index contributed by atoms with van der Waals surface area (Å²) < 4.78 is 4.04. The summed E-state index contributed by atoms with van der Waals surface area (Å²) in [6.45, 7) is 0. The predicted octanol–water partition coefficient (Wildman–Crippen LogP) is -3.79. The molecule has 0 saturated heterocycles. The molecule has 0 saturated carbocycles. The zero-order valence-electron chi connectivity index (χ0n) is 4.63. The van der Waals surface area contributed by atoms with E-state index in [9.17, 15) is 4.79 Å². The van der Waals surface area contributed by atoms with Crippen LogP contribution in [0.5, 0.6) is 0 Å². The molecular weight excluding hydrogens is 143 g/mol. The Labute approximate surface area is 60.5 Å². The van der Waals surface area contributed by atoms with Crippen LogP contribution < -0.4 is 11.5 Å². The van der Waals surface area contributed by atoms with Crippen molar-refractivity contribution in [3.8, 4) is 0 Å². The highest BCUT2D eigenvalue weighted by Crippen LogP contribution is 1.68. The summed E-state index contributed by atoms with van der Waals surface area (Å²) in [7, 11) is 0. The Morgan fingerprint density at radius 2 is 1.78 bits per heavy atom. The monoisotopic (exact) mass is 152 g/mol. The van der Waals surface area contributed by atoms with Gasteiger partial charge in [0.2, 0.25) is 0 Å². The SMILES string of the molecule is NC(N)C(=O)[O][Al].O.O. The van der Waals surface area contributed by atoms with Gasteiger partial charge in [-0.3, -0.25) is 4.79 Å². The van der Waals surface area contributed by atoms with Crippen LogP contribution in [0.3, 0.4) is 0 Å². The fourth-order valence-electron chi connectivity index (χ4n) is 0.0786. The zero-order valence-corrected chi connectivity index (χ0v) is 5.78. The Morgan fingerprint density at radius 3 is 1.78 bits per heavy atom. The fourth-order valence-corrected chi connectivity index (χ4v) is 0.236. The van der Waals surface area contributed by atoms with Crippen LogP contribution in [0.1, 0.15) is 0 Å². The molecule has 0 amide bonds. The van der Waals surface area contributed by atoms with Gasteiger partial charge in [-0.2, -0.15) is 0 Å². The van der Waals surface area contributed by atoms with E-state index in [4.69, 9.17) is 11.5 Å². The maximum atomic E-state index is 10.0. The molecule has 2 radical (unpaired) electrons. The molecule has 0 aliphatic heterocycles. The quantitative estimate of drug-likeness (QED) is 0.293. The van der Waals surface area contributed by atoms with Crippen molar-refractivity contribution in [3.05, 3.63) is 0 Å². The van der Waals surface area contributed by atoms with Crippen LogP contribution in [-0.4, -0.2) is 39.7 Å². The van der Waals surface area contributed by atoms with Gasteiger partial charge in [0, 0.05) is 0 Å². The van der Waals surface area contributed by atoms with Gasteiger partial charge in [0.25, 0.3) is 0 Å². The molecule has 0 fully saturated rings. The summed E-state index contributed by atoms with van der Waals surface area (Å²) in [5, 5.41) is 0. The summed E-state index contributed by atoms with van der Waals surface area (Å²) in [6.07, 6.45) is -1.02. The first kappa shape index (κ1) is 15.9. The molecule has 0 aromatic heterocycles. The van der Waals surface area contributed by atoms with Gasteiger partial charge >= 0.3 is 22.6 Å². The van der Waals surface area contributed by atoms with Gasteiger partial charge < -0.3 is 26.2 Å². The zero-order chi connectivity index (χ0) is 5.86.